The molecular weight excluding hydrogens is 306 g/mol. The van der Waals surface area contributed by atoms with E-state index in [1.807, 2.05) is 12.1 Å². The van der Waals surface area contributed by atoms with Gasteiger partial charge in [0.15, 0.2) is 0 Å². The van der Waals surface area contributed by atoms with Gasteiger partial charge in [0.25, 0.3) is 5.91 Å². The summed E-state index contributed by atoms with van der Waals surface area (Å²) < 4.78 is 0. The van der Waals surface area contributed by atoms with Crippen molar-refractivity contribution >= 4 is 35.0 Å². The number of nitrogens with two attached hydrogens (primary N) is 1. The van der Waals surface area contributed by atoms with Crippen LogP contribution in [0.5, 0.6) is 0 Å². The standard InChI is InChI=1S/C15H14ClN3OS/c16-12-7-11-13(17)3-6-21-14(11)8-10(12)15(20)19-9-1-4-18-5-2-9/h1-2,4-5,7-8,13H,3,6,17H2,(H,18,19,20). The predicted octanol–water partition coefficient (Wildman–Crippen LogP) is 3.48. The molecule has 21 heavy (non-hydrogen) atoms. The third-order valence-corrected chi connectivity index (χ3v) is 4.79. The molecule has 1 amide bonds. The van der Waals surface area contributed by atoms with Gasteiger partial charge in [0.2, 0.25) is 0 Å². The van der Waals surface area contributed by atoms with E-state index in [9.17, 15) is 4.79 Å². The second-order valence-corrected chi connectivity index (χ2v) is 6.35. The molecule has 3 N–H and O–H groups in total. The molecule has 1 aliphatic rings. The number of nitrogens with one attached hydrogen (secondary N) is 1. The monoisotopic (exact) mass is 319 g/mol. The molecule has 0 radical (unpaired) electrons. The van der Waals surface area contributed by atoms with Crippen LogP contribution in [0.3, 0.4) is 0 Å². The number of thioether (sulfide) groups is 1. The minimum absolute atomic E-state index is 0.00365. The van der Waals surface area contributed by atoms with E-state index in [0.29, 0.717) is 16.3 Å². The van der Waals surface area contributed by atoms with Crippen LogP contribution >= 0.6 is 23.4 Å². The van der Waals surface area contributed by atoms with Gasteiger partial charge in [0.05, 0.1) is 10.6 Å². The molecule has 0 fully saturated rings. The summed E-state index contributed by atoms with van der Waals surface area (Å²) in [5.74, 6) is 0.732. The molecule has 0 aliphatic carbocycles. The SMILES string of the molecule is NC1CCSc2cc(C(=O)Nc3ccncc3)c(Cl)cc21. The summed E-state index contributed by atoms with van der Waals surface area (Å²) in [6.07, 6.45) is 4.18. The Morgan fingerprint density at radius 2 is 2.14 bits per heavy atom. The highest BCUT2D eigenvalue weighted by atomic mass is 35.5. The van der Waals surface area contributed by atoms with Crippen molar-refractivity contribution in [2.75, 3.05) is 11.1 Å². The molecule has 4 nitrogen and oxygen atoms in total. The first-order valence-electron chi connectivity index (χ1n) is 6.58. The molecule has 1 aromatic heterocycles. The summed E-state index contributed by atoms with van der Waals surface area (Å²) in [6, 6.07) is 7.10. The van der Waals surface area contributed by atoms with Crippen LogP contribution < -0.4 is 11.1 Å². The van der Waals surface area contributed by atoms with Gasteiger partial charge in [-0.1, -0.05) is 11.6 Å². The minimum atomic E-state index is -0.228. The molecule has 1 aromatic carbocycles. The fourth-order valence-corrected chi connectivity index (χ4v) is 3.67. The molecule has 6 heteroatoms. The van der Waals surface area contributed by atoms with E-state index in [1.165, 1.54) is 0 Å². The van der Waals surface area contributed by atoms with Crippen LogP contribution in [0, 0.1) is 0 Å². The fourth-order valence-electron chi connectivity index (χ4n) is 2.24. The zero-order valence-corrected chi connectivity index (χ0v) is 12.7. The number of hydrogen-bond donors (Lipinski definition) is 2. The topological polar surface area (TPSA) is 68.0 Å². The van der Waals surface area contributed by atoms with Crippen LogP contribution in [0.4, 0.5) is 5.69 Å². The minimum Gasteiger partial charge on any atom is -0.324 e. The number of hydrogen-bond acceptors (Lipinski definition) is 4. The van der Waals surface area contributed by atoms with E-state index in [2.05, 4.69) is 10.3 Å². The zero-order valence-electron chi connectivity index (χ0n) is 11.2. The van der Waals surface area contributed by atoms with E-state index >= 15 is 0 Å². The summed E-state index contributed by atoms with van der Waals surface area (Å²) in [6.45, 7) is 0. The van der Waals surface area contributed by atoms with Crippen molar-refractivity contribution in [2.24, 2.45) is 5.73 Å². The van der Waals surface area contributed by atoms with Gasteiger partial charge in [-0.25, -0.2) is 0 Å². The number of benzene rings is 1. The van der Waals surface area contributed by atoms with E-state index in [4.69, 9.17) is 17.3 Å². The number of anilines is 1. The number of halogens is 1. The van der Waals surface area contributed by atoms with Gasteiger partial charge < -0.3 is 11.1 Å². The molecule has 3 rings (SSSR count). The Morgan fingerprint density at radius 3 is 2.90 bits per heavy atom. The molecule has 1 unspecified atom stereocenters. The molecule has 0 spiro atoms. The Labute approximate surface area is 132 Å². The van der Waals surface area contributed by atoms with Gasteiger partial charge in [-0.2, -0.15) is 0 Å². The number of pyridine rings is 1. The van der Waals surface area contributed by atoms with Crippen molar-refractivity contribution in [3.05, 3.63) is 52.8 Å². The molecule has 0 saturated heterocycles. The third-order valence-electron chi connectivity index (χ3n) is 3.37. The van der Waals surface area contributed by atoms with Gasteiger partial charge in [0.1, 0.15) is 0 Å². The van der Waals surface area contributed by atoms with Crippen molar-refractivity contribution < 1.29 is 4.79 Å². The van der Waals surface area contributed by atoms with Crippen LogP contribution in [0.2, 0.25) is 5.02 Å². The molecule has 0 saturated carbocycles. The van der Waals surface area contributed by atoms with Crippen LogP contribution in [0.1, 0.15) is 28.4 Å². The highest BCUT2D eigenvalue weighted by Crippen LogP contribution is 2.38. The molecule has 108 valence electrons. The number of amides is 1. The summed E-state index contributed by atoms with van der Waals surface area (Å²) in [5.41, 5.74) is 8.26. The Hall–Kier alpha value is -1.56. The van der Waals surface area contributed by atoms with Crippen molar-refractivity contribution in [2.45, 2.75) is 17.4 Å². The maximum atomic E-state index is 12.3. The van der Waals surface area contributed by atoms with Crippen LogP contribution in [0.25, 0.3) is 0 Å². The van der Waals surface area contributed by atoms with Gasteiger partial charge in [0, 0.05) is 29.0 Å². The molecule has 0 bridgehead atoms. The Bertz CT molecular complexity index is 678. The number of carbonyl (C=O) groups excluding carboxylic acids is 1. The summed E-state index contributed by atoms with van der Waals surface area (Å²) in [4.78, 5) is 17.3. The van der Waals surface area contributed by atoms with Crippen molar-refractivity contribution in [3.63, 3.8) is 0 Å². The first kappa shape index (κ1) is 14.4. The van der Waals surface area contributed by atoms with Crippen molar-refractivity contribution in [1.29, 1.82) is 0 Å². The zero-order chi connectivity index (χ0) is 14.8. The normalized spacial score (nSPS) is 17.1. The molecule has 2 heterocycles. The number of aromatic nitrogens is 1. The lowest BCUT2D eigenvalue weighted by atomic mass is 10.0. The van der Waals surface area contributed by atoms with Crippen LogP contribution in [-0.2, 0) is 0 Å². The summed E-state index contributed by atoms with van der Waals surface area (Å²) in [7, 11) is 0. The van der Waals surface area contributed by atoms with E-state index < -0.39 is 0 Å². The van der Waals surface area contributed by atoms with E-state index in [0.717, 1.165) is 22.6 Å². The smallest absolute Gasteiger partial charge is 0.257 e. The Balaban J connectivity index is 1.90. The molecule has 1 atom stereocenters. The fraction of sp³-hybridized carbons (Fsp3) is 0.200. The van der Waals surface area contributed by atoms with Crippen molar-refractivity contribution in [1.82, 2.24) is 4.98 Å². The Kier molecular flexibility index (Phi) is 4.14. The number of rotatable bonds is 2. The van der Waals surface area contributed by atoms with Crippen LogP contribution in [0.15, 0.2) is 41.6 Å². The Morgan fingerprint density at radius 1 is 1.38 bits per heavy atom. The summed E-state index contributed by atoms with van der Waals surface area (Å²) in [5, 5.41) is 3.24. The second kappa shape index (κ2) is 6.05. The van der Waals surface area contributed by atoms with Gasteiger partial charge >= 0.3 is 0 Å². The maximum absolute atomic E-state index is 12.3. The lowest BCUT2D eigenvalue weighted by Gasteiger charge is -2.22. The molecule has 1 aliphatic heterocycles. The third kappa shape index (κ3) is 3.05. The highest BCUT2D eigenvalue weighted by Gasteiger charge is 2.21. The predicted molar refractivity (Wildman–Crippen MR) is 85.9 cm³/mol. The summed E-state index contributed by atoms with van der Waals surface area (Å²) >= 11 is 7.96. The van der Waals surface area contributed by atoms with Crippen LogP contribution in [-0.4, -0.2) is 16.6 Å². The van der Waals surface area contributed by atoms with E-state index in [1.54, 1.807) is 36.3 Å². The average molecular weight is 320 g/mol. The lowest BCUT2D eigenvalue weighted by molar-refractivity contribution is 0.102. The lowest BCUT2D eigenvalue weighted by Crippen LogP contribution is -2.18. The highest BCUT2D eigenvalue weighted by molar-refractivity contribution is 7.99. The number of fused-ring (bicyclic) bond motifs is 1. The average Bonchev–Trinajstić information content (AvgIpc) is 2.48. The molecular formula is C15H14ClN3OS. The van der Waals surface area contributed by atoms with Gasteiger partial charge in [-0.15, -0.1) is 11.8 Å². The van der Waals surface area contributed by atoms with E-state index in [-0.39, 0.29) is 11.9 Å². The maximum Gasteiger partial charge on any atom is 0.257 e. The first-order valence-corrected chi connectivity index (χ1v) is 7.94. The number of carbonyl (C=O) groups is 1. The van der Waals surface area contributed by atoms with Gasteiger partial charge in [-0.05, 0) is 42.0 Å². The molecule has 2 aromatic rings. The van der Waals surface area contributed by atoms with Crippen molar-refractivity contribution in [3.8, 4) is 0 Å². The first-order chi connectivity index (χ1) is 10.1. The number of nitrogens with zero attached hydrogens (tertiary/aromatic N) is 1. The largest absolute Gasteiger partial charge is 0.324 e. The second-order valence-electron chi connectivity index (χ2n) is 4.80. The quantitative estimate of drug-likeness (QED) is 0.889. The van der Waals surface area contributed by atoms with Gasteiger partial charge in [-0.3, -0.25) is 9.78 Å².